The summed E-state index contributed by atoms with van der Waals surface area (Å²) >= 11 is 3.26. The number of halogens is 3. The molecule has 0 N–H and O–H groups in total. The van der Waals surface area contributed by atoms with Crippen LogP contribution in [0.1, 0.15) is 5.56 Å². The van der Waals surface area contributed by atoms with Crippen molar-refractivity contribution in [1.82, 2.24) is 0 Å². The molecule has 2 rings (SSSR count). The molecule has 2 nitrogen and oxygen atoms in total. The van der Waals surface area contributed by atoms with E-state index in [9.17, 15) is 8.78 Å². The molecule has 0 aliphatic carbocycles. The van der Waals surface area contributed by atoms with E-state index in [0.29, 0.717) is 15.7 Å². The Balaban J connectivity index is 2.21. The van der Waals surface area contributed by atoms with Crippen molar-refractivity contribution in [3.8, 4) is 6.07 Å². The molecular formula is C10H7BrF2N2. The van der Waals surface area contributed by atoms with Crippen LogP contribution in [0.3, 0.4) is 0 Å². The molecule has 0 spiro atoms. The van der Waals surface area contributed by atoms with Gasteiger partial charge < -0.3 is 4.90 Å². The van der Waals surface area contributed by atoms with Crippen LogP contribution < -0.4 is 4.90 Å². The Morgan fingerprint density at radius 1 is 1.40 bits per heavy atom. The van der Waals surface area contributed by atoms with Crippen molar-refractivity contribution in [3.05, 3.63) is 28.2 Å². The monoisotopic (exact) mass is 272 g/mol. The zero-order chi connectivity index (χ0) is 11.1. The Labute approximate surface area is 94.2 Å². The molecule has 0 aromatic heterocycles. The van der Waals surface area contributed by atoms with Crippen molar-refractivity contribution in [3.63, 3.8) is 0 Å². The highest BCUT2D eigenvalue weighted by Gasteiger charge is 2.44. The van der Waals surface area contributed by atoms with Gasteiger partial charge in [-0.05, 0) is 34.1 Å². The summed E-state index contributed by atoms with van der Waals surface area (Å²) in [6.07, 6.45) is 0. The Bertz CT molecular complexity index is 432. The van der Waals surface area contributed by atoms with Gasteiger partial charge in [0.15, 0.2) is 0 Å². The Hall–Kier alpha value is -1.15. The number of nitrogens with zero attached hydrogens (tertiary/aromatic N) is 2. The molecule has 1 heterocycles. The molecule has 1 aliphatic rings. The van der Waals surface area contributed by atoms with Gasteiger partial charge in [0.2, 0.25) is 0 Å². The molecule has 1 aliphatic heterocycles. The number of alkyl halides is 2. The quantitative estimate of drug-likeness (QED) is 0.786. The Kier molecular flexibility index (Phi) is 2.39. The van der Waals surface area contributed by atoms with Crippen LogP contribution in [0.25, 0.3) is 0 Å². The van der Waals surface area contributed by atoms with Crippen LogP contribution in [0, 0.1) is 11.3 Å². The van der Waals surface area contributed by atoms with Gasteiger partial charge in [-0.2, -0.15) is 5.26 Å². The maximum atomic E-state index is 12.6. The zero-order valence-corrected chi connectivity index (χ0v) is 9.26. The van der Waals surface area contributed by atoms with E-state index in [1.807, 2.05) is 6.07 Å². The van der Waals surface area contributed by atoms with Gasteiger partial charge >= 0.3 is 0 Å². The average Bonchev–Trinajstić information content (AvgIpc) is 2.14. The van der Waals surface area contributed by atoms with E-state index in [4.69, 9.17) is 5.26 Å². The second-order valence-electron chi connectivity index (χ2n) is 3.49. The van der Waals surface area contributed by atoms with Crippen LogP contribution >= 0.6 is 15.9 Å². The lowest BCUT2D eigenvalue weighted by Gasteiger charge is -2.40. The number of rotatable bonds is 1. The summed E-state index contributed by atoms with van der Waals surface area (Å²) < 4.78 is 26.0. The third-order valence-corrected chi connectivity index (χ3v) is 2.90. The standard InChI is InChI=1S/C10H7BrF2N2/c11-8-3-7(4-14)1-2-9(8)15-5-10(12,13)6-15/h1-3H,5-6H2. The molecule has 1 aromatic rings. The van der Waals surface area contributed by atoms with Crippen LogP contribution in [0.2, 0.25) is 0 Å². The minimum atomic E-state index is -2.58. The van der Waals surface area contributed by atoms with Crippen molar-refractivity contribution in [2.75, 3.05) is 18.0 Å². The van der Waals surface area contributed by atoms with Gasteiger partial charge in [-0.25, -0.2) is 8.78 Å². The molecule has 0 atom stereocenters. The van der Waals surface area contributed by atoms with E-state index in [2.05, 4.69) is 15.9 Å². The average molecular weight is 273 g/mol. The fraction of sp³-hybridized carbons (Fsp3) is 0.300. The zero-order valence-electron chi connectivity index (χ0n) is 7.67. The van der Waals surface area contributed by atoms with Crippen molar-refractivity contribution >= 4 is 21.6 Å². The van der Waals surface area contributed by atoms with Gasteiger partial charge in [0.05, 0.1) is 30.4 Å². The highest BCUT2D eigenvalue weighted by Crippen LogP contribution is 2.36. The van der Waals surface area contributed by atoms with Gasteiger partial charge in [-0.3, -0.25) is 0 Å². The fourth-order valence-electron chi connectivity index (χ4n) is 1.52. The van der Waals surface area contributed by atoms with Gasteiger partial charge in [0.25, 0.3) is 5.92 Å². The van der Waals surface area contributed by atoms with Crippen LogP contribution in [0.4, 0.5) is 14.5 Å². The molecule has 78 valence electrons. The normalized spacial score (nSPS) is 18.1. The molecule has 5 heteroatoms. The van der Waals surface area contributed by atoms with Crippen molar-refractivity contribution in [2.24, 2.45) is 0 Å². The first-order chi connectivity index (χ1) is 7.02. The van der Waals surface area contributed by atoms with Gasteiger partial charge in [0.1, 0.15) is 0 Å². The second-order valence-corrected chi connectivity index (χ2v) is 4.34. The fourth-order valence-corrected chi connectivity index (χ4v) is 2.14. The maximum absolute atomic E-state index is 12.6. The molecule has 0 amide bonds. The SMILES string of the molecule is N#Cc1ccc(N2CC(F)(F)C2)c(Br)c1. The lowest BCUT2D eigenvalue weighted by Crippen LogP contribution is -2.56. The van der Waals surface area contributed by atoms with E-state index in [0.717, 1.165) is 0 Å². The summed E-state index contributed by atoms with van der Waals surface area (Å²) in [5.74, 6) is -2.58. The predicted molar refractivity (Wildman–Crippen MR) is 56.0 cm³/mol. The minimum absolute atomic E-state index is 0.252. The predicted octanol–water partition coefficient (Wildman–Crippen LogP) is 2.78. The van der Waals surface area contributed by atoms with E-state index >= 15 is 0 Å². The number of anilines is 1. The summed E-state index contributed by atoms with van der Waals surface area (Å²) in [7, 11) is 0. The highest BCUT2D eigenvalue weighted by atomic mass is 79.9. The molecule has 0 bridgehead atoms. The minimum Gasteiger partial charge on any atom is -0.358 e. The first-order valence-electron chi connectivity index (χ1n) is 4.34. The van der Waals surface area contributed by atoms with Gasteiger partial charge in [0, 0.05) is 4.47 Å². The molecule has 1 aromatic carbocycles. The number of hydrogen-bond donors (Lipinski definition) is 0. The van der Waals surface area contributed by atoms with Gasteiger partial charge in [-0.15, -0.1) is 0 Å². The lowest BCUT2D eigenvalue weighted by atomic mass is 10.1. The maximum Gasteiger partial charge on any atom is 0.282 e. The number of benzene rings is 1. The first-order valence-corrected chi connectivity index (χ1v) is 5.13. The molecule has 0 unspecified atom stereocenters. The molecule has 0 saturated carbocycles. The Morgan fingerprint density at radius 3 is 2.53 bits per heavy atom. The van der Waals surface area contributed by atoms with Crippen LogP contribution in [0.5, 0.6) is 0 Å². The third kappa shape index (κ3) is 1.95. The molecule has 1 fully saturated rings. The summed E-state index contributed by atoms with van der Waals surface area (Å²) in [6, 6.07) is 6.92. The lowest BCUT2D eigenvalue weighted by molar-refractivity contribution is -0.0263. The highest BCUT2D eigenvalue weighted by molar-refractivity contribution is 9.10. The van der Waals surface area contributed by atoms with Crippen LogP contribution in [0.15, 0.2) is 22.7 Å². The molecule has 1 saturated heterocycles. The van der Waals surface area contributed by atoms with Crippen molar-refractivity contribution in [1.29, 1.82) is 5.26 Å². The van der Waals surface area contributed by atoms with Crippen molar-refractivity contribution in [2.45, 2.75) is 5.92 Å². The smallest absolute Gasteiger partial charge is 0.282 e. The number of hydrogen-bond acceptors (Lipinski definition) is 2. The van der Waals surface area contributed by atoms with Crippen molar-refractivity contribution < 1.29 is 8.78 Å². The van der Waals surface area contributed by atoms with E-state index < -0.39 is 5.92 Å². The summed E-state index contributed by atoms with van der Waals surface area (Å²) in [5.41, 5.74) is 1.22. The Morgan fingerprint density at radius 2 is 2.07 bits per heavy atom. The molecular weight excluding hydrogens is 266 g/mol. The summed E-state index contributed by atoms with van der Waals surface area (Å²) in [4.78, 5) is 1.57. The van der Waals surface area contributed by atoms with Crippen LogP contribution in [-0.2, 0) is 0 Å². The largest absolute Gasteiger partial charge is 0.358 e. The van der Waals surface area contributed by atoms with Crippen LogP contribution in [-0.4, -0.2) is 19.0 Å². The second kappa shape index (κ2) is 3.46. The van der Waals surface area contributed by atoms with E-state index in [1.165, 1.54) is 0 Å². The van der Waals surface area contributed by atoms with E-state index in [-0.39, 0.29) is 13.1 Å². The topological polar surface area (TPSA) is 27.0 Å². The molecule has 0 radical (unpaired) electrons. The van der Waals surface area contributed by atoms with Gasteiger partial charge in [-0.1, -0.05) is 0 Å². The van der Waals surface area contributed by atoms with E-state index in [1.54, 1.807) is 23.1 Å². The molecule has 15 heavy (non-hydrogen) atoms. The summed E-state index contributed by atoms with van der Waals surface area (Å²) in [5, 5.41) is 8.64. The number of nitriles is 1. The first kappa shape index (κ1) is 10.4. The summed E-state index contributed by atoms with van der Waals surface area (Å²) in [6.45, 7) is -0.505. The third-order valence-electron chi connectivity index (χ3n) is 2.26.